The van der Waals surface area contributed by atoms with Gasteiger partial charge in [0.05, 0.1) is 4.88 Å². The van der Waals surface area contributed by atoms with Gasteiger partial charge >= 0.3 is 0 Å². The molecule has 0 bridgehead atoms. The molecule has 1 N–H and O–H groups in total. The van der Waals surface area contributed by atoms with Gasteiger partial charge in [0.2, 0.25) is 17.6 Å². The van der Waals surface area contributed by atoms with Gasteiger partial charge < -0.3 is 9.84 Å². The Bertz CT molecular complexity index is 1200. The second-order valence-electron chi connectivity index (χ2n) is 6.73. The summed E-state index contributed by atoms with van der Waals surface area (Å²) in [5.41, 5.74) is 3.62. The second-order valence-corrected chi connectivity index (χ2v) is 7.68. The molecule has 5 nitrogen and oxygen atoms in total. The number of hydrogen-bond acceptors (Lipinski definition) is 5. The van der Waals surface area contributed by atoms with Gasteiger partial charge in [-0.05, 0) is 36.6 Å². The van der Waals surface area contributed by atoms with E-state index in [1.165, 1.54) is 5.56 Å². The van der Waals surface area contributed by atoms with Crippen LogP contribution in [0.1, 0.15) is 28.3 Å². The standard InChI is InChI=1S/C24H19N3O2S/c1-17-7-10-19(11-8-17)24-26-23(29-27-24)14-13-22(28)25-20-5-2-4-18(16-20)9-12-21-6-3-15-30-21/h2-8,10-11,15-16H,13-14H2,1H3,(H,25,28). The lowest BCUT2D eigenvalue weighted by atomic mass is 10.1. The monoisotopic (exact) mass is 413 g/mol. The Kier molecular flexibility index (Phi) is 6.02. The second kappa shape index (κ2) is 9.21. The highest BCUT2D eigenvalue weighted by atomic mass is 32.1. The first-order chi connectivity index (χ1) is 14.7. The van der Waals surface area contributed by atoms with Crippen LogP contribution in [0.3, 0.4) is 0 Å². The molecule has 30 heavy (non-hydrogen) atoms. The topological polar surface area (TPSA) is 68.0 Å². The minimum atomic E-state index is -0.117. The number of nitrogens with zero attached hydrogens (tertiary/aromatic N) is 2. The molecule has 0 aliphatic carbocycles. The van der Waals surface area contributed by atoms with E-state index in [2.05, 4.69) is 27.3 Å². The summed E-state index contributed by atoms with van der Waals surface area (Å²) in [7, 11) is 0. The predicted molar refractivity (Wildman–Crippen MR) is 118 cm³/mol. The summed E-state index contributed by atoms with van der Waals surface area (Å²) in [5, 5.41) is 8.89. The fourth-order valence-corrected chi connectivity index (χ4v) is 3.35. The van der Waals surface area contributed by atoms with Gasteiger partial charge in [-0.25, -0.2) is 0 Å². The average molecular weight is 414 g/mol. The molecule has 0 fully saturated rings. The number of thiophene rings is 1. The Morgan fingerprint density at radius 3 is 2.77 bits per heavy atom. The summed E-state index contributed by atoms with van der Waals surface area (Å²) in [6.45, 7) is 2.02. The summed E-state index contributed by atoms with van der Waals surface area (Å²) in [4.78, 5) is 17.7. The zero-order valence-electron chi connectivity index (χ0n) is 16.4. The van der Waals surface area contributed by atoms with Crippen LogP contribution in [0.25, 0.3) is 11.4 Å². The number of nitrogens with one attached hydrogen (secondary N) is 1. The predicted octanol–water partition coefficient (Wildman–Crippen LogP) is 5.08. The first-order valence-corrected chi connectivity index (χ1v) is 10.4. The van der Waals surface area contributed by atoms with Crippen LogP contribution < -0.4 is 5.32 Å². The van der Waals surface area contributed by atoms with Gasteiger partial charge in [0.25, 0.3) is 0 Å². The minimum Gasteiger partial charge on any atom is -0.339 e. The molecule has 0 aliphatic heterocycles. The molecule has 2 aromatic carbocycles. The van der Waals surface area contributed by atoms with Crippen molar-refractivity contribution in [1.29, 1.82) is 0 Å². The van der Waals surface area contributed by atoms with Gasteiger partial charge in [-0.1, -0.05) is 59.0 Å². The van der Waals surface area contributed by atoms with Crippen LogP contribution in [0.4, 0.5) is 5.69 Å². The number of hydrogen-bond donors (Lipinski definition) is 1. The van der Waals surface area contributed by atoms with Crippen molar-refractivity contribution in [3.05, 3.63) is 87.9 Å². The van der Waals surface area contributed by atoms with Gasteiger partial charge in [-0.15, -0.1) is 11.3 Å². The van der Waals surface area contributed by atoms with Crippen molar-refractivity contribution in [2.24, 2.45) is 0 Å². The maximum absolute atomic E-state index is 12.3. The summed E-state index contributed by atoms with van der Waals surface area (Å²) in [6, 6.07) is 19.3. The molecule has 2 aromatic heterocycles. The number of aromatic nitrogens is 2. The lowest BCUT2D eigenvalue weighted by Gasteiger charge is -2.04. The molecule has 2 heterocycles. The van der Waals surface area contributed by atoms with Crippen molar-refractivity contribution in [3.63, 3.8) is 0 Å². The van der Waals surface area contributed by atoms with Crippen LogP contribution >= 0.6 is 11.3 Å². The van der Waals surface area contributed by atoms with Crippen LogP contribution in [0, 0.1) is 18.8 Å². The number of amides is 1. The van der Waals surface area contributed by atoms with Crippen molar-refractivity contribution >= 4 is 22.9 Å². The average Bonchev–Trinajstić information content (AvgIpc) is 3.44. The highest BCUT2D eigenvalue weighted by Crippen LogP contribution is 2.17. The van der Waals surface area contributed by atoms with Gasteiger partial charge in [0, 0.05) is 29.7 Å². The molecule has 148 valence electrons. The lowest BCUT2D eigenvalue weighted by molar-refractivity contribution is -0.116. The van der Waals surface area contributed by atoms with Gasteiger partial charge in [-0.3, -0.25) is 4.79 Å². The molecule has 0 aliphatic rings. The molecule has 0 spiro atoms. The third-order valence-electron chi connectivity index (χ3n) is 4.34. The van der Waals surface area contributed by atoms with E-state index in [4.69, 9.17) is 4.52 Å². The Balaban J connectivity index is 1.33. The van der Waals surface area contributed by atoms with E-state index < -0.39 is 0 Å². The Hall–Kier alpha value is -3.69. The molecule has 0 unspecified atom stereocenters. The summed E-state index contributed by atoms with van der Waals surface area (Å²) >= 11 is 1.60. The molecule has 0 saturated carbocycles. The first-order valence-electron chi connectivity index (χ1n) is 9.51. The van der Waals surface area contributed by atoms with Crippen LogP contribution in [0.5, 0.6) is 0 Å². The quantitative estimate of drug-likeness (QED) is 0.464. The molecule has 6 heteroatoms. The molecule has 4 rings (SSSR count). The number of rotatable bonds is 5. The highest BCUT2D eigenvalue weighted by molar-refractivity contribution is 7.10. The zero-order valence-corrected chi connectivity index (χ0v) is 17.2. The highest BCUT2D eigenvalue weighted by Gasteiger charge is 2.11. The Labute approximate surface area is 178 Å². The van der Waals surface area contributed by atoms with E-state index in [0.717, 1.165) is 16.0 Å². The molecular formula is C24H19N3O2S. The number of anilines is 1. The molecule has 4 aromatic rings. The number of carbonyl (C=O) groups is 1. The molecule has 0 radical (unpaired) electrons. The van der Waals surface area contributed by atoms with Crippen LogP contribution in [-0.2, 0) is 11.2 Å². The van der Waals surface area contributed by atoms with E-state index in [9.17, 15) is 4.79 Å². The van der Waals surface area contributed by atoms with Crippen molar-refractivity contribution in [2.75, 3.05) is 5.32 Å². The summed E-state index contributed by atoms with van der Waals surface area (Å²) in [5.74, 6) is 7.09. The van der Waals surface area contributed by atoms with Gasteiger partial charge in [0.1, 0.15) is 0 Å². The largest absolute Gasteiger partial charge is 0.339 e. The zero-order chi connectivity index (χ0) is 20.8. The maximum atomic E-state index is 12.3. The first kappa shape index (κ1) is 19.6. The van der Waals surface area contributed by atoms with E-state index in [1.54, 1.807) is 11.3 Å². The third kappa shape index (κ3) is 5.22. The Morgan fingerprint density at radius 1 is 1.10 bits per heavy atom. The van der Waals surface area contributed by atoms with Crippen molar-refractivity contribution in [1.82, 2.24) is 10.1 Å². The van der Waals surface area contributed by atoms with Gasteiger partial charge in [-0.2, -0.15) is 4.98 Å². The Morgan fingerprint density at radius 2 is 1.97 bits per heavy atom. The number of aryl methyl sites for hydroxylation is 2. The third-order valence-corrected chi connectivity index (χ3v) is 5.13. The van der Waals surface area contributed by atoms with Gasteiger partial charge in [0.15, 0.2) is 0 Å². The van der Waals surface area contributed by atoms with E-state index in [1.807, 2.05) is 73.0 Å². The van der Waals surface area contributed by atoms with Crippen molar-refractivity contribution in [2.45, 2.75) is 19.8 Å². The fourth-order valence-electron chi connectivity index (χ4n) is 2.78. The normalized spacial score (nSPS) is 10.3. The van der Waals surface area contributed by atoms with Crippen LogP contribution in [0.15, 0.2) is 70.6 Å². The maximum Gasteiger partial charge on any atom is 0.227 e. The van der Waals surface area contributed by atoms with Crippen LogP contribution in [-0.4, -0.2) is 16.0 Å². The number of carbonyl (C=O) groups excluding carboxylic acids is 1. The van der Waals surface area contributed by atoms with Crippen molar-refractivity contribution < 1.29 is 9.32 Å². The summed E-state index contributed by atoms with van der Waals surface area (Å²) in [6.07, 6.45) is 0.628. The molecule has 0 atom stereocenters. The lowest BCUT2D eigenvalue weighted by Crippen LogP contribution is -2.12. The summed E-state index contributed by atoms with van der Waals surface area (Å²) < 4.78 is 5.28. The van der Waals surface area contributed by atoms with E-state index >= 15 is 0 Å². The molecule has 1 amide bonds. The minimum absolute atomic E-state index is 0.117. The SMILES string of the molecule is Cc1ccc(-c2noc(CCC(=O)Nc3cccc(C#Cc4cccs4)c3)n2)cc1. The number of benzene rings is 2. The van der Waals surface area contributed by atoms with Crippen LogP contribution in [0.2, 0.25) is 0 Å². The van der Waals surface area contributed by atoms with E-state index in [-0.39, 0.29) is 12.3 Å². The molecule has 0 saturated heterocycles. The van der Waals surface area contributed by atoms with Crippen molar-refractivity contribution in [3.8, 4) is 23.2 Å². The molecular weight excluding hydrogens is 394 g/mol. The fraction of sp³-hybridized carbons (Fsp3) is 0.125. The van der Waals surface area contributed by atoms with E-state index in [0.29, 0.717) is 23.8 Å². The smallest absolute Gasteiger partial charge is 0.227 e.